The molecule has 0 aliphatic carbocycles. The zero-order valence-electron chi connectivity index (χ0n) is 17.2. The summed E-state index contributed by atoms with van der Waals surface area (Å²) < 4.78 is 0. The highest BCUT2D eigenvalue weighted by Crippen LogP contribution is 2.13. The van der Waals surface area contributed by atoms with E-state index in [1.807, 2.05) is 27.7 Å². The van der Waals surface area contributed by atoms with Crippen molar-refractivity contribution in [1.29, 1.82) is 0 Å². The van der Waals surface area contributed by atoms with Crippen LogP contribution in [0.1, 0.15) is 48.4 Å². The van der Waals surface area contributed by atoms with Gasteiger partial charge < -0.3 is 21.3 Å². The largest absolute Gasteiger partial charge is 0.376 e. The average molecular weight is 396 g/mol. The minimum absolute atomic E-state index is 0.0255. The molecule has 29 heavy (non-hydrogen) atoms. The summed E-state index contributed by atoms with van der Waals surface area (Å²) in [5.41, 5.74) is 2.21. The molecule has 0 saturated carbocycles. The van der Waals surface area contributed by atoms with Gasteiger partial charge in [-0.1, -0.05) is 12.1 Å². The molecule has 0 saturated heterocycles. The van der Waals surface area contributed by atoms with Gasteiger partial charge in [-0.3, -0.25) is 14.4 Å². The molecule has 2 aromatic carbocycles. The summed E-state index contributed by atoms with van der Waals surface area (Å²) in [5, 5.41) is 11.4. The predicted molar refractivity (Wildman–Crippen MR) is 115 cm³/mol. The van der Waals surface area contributed by atoms with E-state index < -0.39 is 0 Å². The van der Waals surface area contributed by atoms with Crippen LogP contribution >= 0.6 is 0 Å². The number of amides is 3. The lowest BCUT2D eigenvalue weighted by Crippen LogP contribution is -2.30. The Morgan fingerprint density at radius 2 is 1.24 bits per heavy atom. The summed E-state index contributed by atoms with van der Waals surface area (Å²) in [6.07, 6.45) is 0. The van der Waals surface area contributed by atoms with Crippen LogP contribution < -0.4 is 21.3 Å². The van der Waals surface area contributed by atoms with E-state index in [0.717, 1.165) is 0 Å². The van der Waals surface area contributed by atoms with Crippen LogP contribution in [-0.2, 0) is 4.79 Å². The number of benzene rings is 2. The summed E-state index contributed by atoms with van der Waals surface area (Å²) >= 11 is 0. The van der Waals surface area contributed by atoms with Crippen molar-refractivity contribution >= 4 is 29.1 Å². The molecule has 2 aromatic rings. The monoisotopic (exact) mass is 396 g/mol. The summed E-state index contributed by atoms with van der Waals surface area (Å²) in [5.74, 6) is -0.612. The second-order valence-corrected chi connectivity index (χ2v) is 7.32. The molecule has 2 rings (SSSR count). The maximum Gasteiger partial charge on any atom is 0.251 e. The zero-order chi connectivity index (χ0) is 21.4. The van der Waals surface area contributed by atoms with Crippen molar-refractivity contribution in [2.75, 3.05) is 17.2 Å². The van der Waals surface area contributed by atoms with Gasteiger partial charge >= 0.3 is 0 Å². The zero-order valence-corrected chi connectivity index (χ0v) is 17.2. The maximum atomic E-state index is 12.3. The van der Waals surface area contributed by atoms with Crippen LogP contribution in [0.15, 0.2) is 48.5 Å². The molecule has 0 unspecified atom stereocenters. The highest BCUT2D eigenvalue weighted by molar-refractivity contribution is 5.98. The van der Waals surface area contributed by atoms with Gasteiger partial charge in [0.2, 0.25) is 5.91 Å². The van der Waals surface area contributed by atoms with Crippen LogP contribution in [0.5, 0.6) is 0 Å². The minimum atomic E-state index is -0.261. The number of nitrogens with one attached hydrogen (secondary N) is 4. The number of hydrogen-bond acceptors (Lipinski definition) is 4. The van der Waals surface area contributed by atoms with E-state index in [1.54, 1.807) is 48.5 Å². The van der Waals surface area contributed by atoms with E-state index in [0.29, 0.717) is 22.5 Å². The Balaban J connectivity index is 1.94. The Labute approximate surface area is 171 Å². The summed E-state index contributed by atoms with van der Waals surface area (Å²) in [6, 6.07) is 13.8. The Morgan fingerprint density at radius 3 is 1.76 bits per heavy atom. The number of carbonyl (C=O) groups is 3. The molecular formula is C22H28N4O3. The van der Waals surface area contributed by atoms with Crippen LogP contribution in [-0.4, -0.2) is 36.3 Å². The van der Waals surface area contributed by atoms with Gasteiger partial charge in [0.1, 0.15) is 0 Å². The van der Waals surface area contributed by atoms with Crippen LogP contribution in [0.2, 0.25) is 0 Å². The van der Waals surface area contributed by atoms with Gasteiger partial charge in [0, 0.05) is 34.6 Å². The van der Waals surface area contributed by atoms with E-state index in [4.69, 9.17) is 0 Å². The van der Waals surface area contributed by atoms with Gasteiger partial charge in [-0.25, -0.2) is 0 Å². The molecule has 7 nitrogen and oxygen atoms in total. The van der Waals surface area contributed by atoms with Crippen molar-refractivity contribution in [3.8, 4) is 0 Å². The SMILES string of the molecule is CC(C)NC(=O)c1cccc(NCC(=O)Nc2cccc(C(=O)NC(C)C)c2)c1. The van der Waals surface area contributed by atoms with Crippen molar-refractivity contribution in [2.45, 2.75) is 39.8 Å². The third kappa shape index (κ3) is 7.29. The first kappa shape index (κ1) is 21.9. The normalized spacial score (nSPS) is 10.6. The lowest BCUT2D eigenvalue weighted by molar-refractivity contribution is -0.114. The topological polar surface area (TPSA) is 99.3 Å². The first-order valence-electron chi connectivity index (χ1n) is 9.60. The molecule has 0 aromatic heterocycles. The van der Waals surface area contributed by atoms with Gasteiger partial charge in [0.25, 0.3) is 11.8 Å². The summed E-state index contributed by atoms with van der Waals surface area (Å²) in [4.78, 5) is 36.4. The molecule has 0 aliphatic rings. The molecular weight excluding hydrogens is 368 g/mol. The third-order valence-electron chi connectivity index (χ3n) is 3.83. The van der Waals surface area contributed by atoms with Gasteiger partial charge in [0.05, 0.1) is 6.54 Å². The number of rotatable bonds is 8. The van der Waals surface area contributed by atoms with Crippen LogP contribution in [0.3, 0.4) is 0 Å². The molecule has 0 bridgehead atoms. The van der Waals surface area contributed by atoms with E-state index >= 15 is 0 Å². The van der Waals surface area contributed by atoms with Crippen molar-refractivity contribution in [2.24, 2.45) is 0 Å². The lowest BCUT2D eigenvalue weighted by Gasteiger charge is -2.12. The highest BCUT2D eigenvalue weighted by Gasteiger charge is 2.10. The van der Waals surface area contributed by atoms with E-state index in [9.17, 15) is 14.4 Å². The van der Waals surface area contributed by atoms with Crippen molar-refractivity contribution in [1.82, 2.24) is 10.6 Å². The Hall–Kier alpha value is -3.35. The fourth-order valence-electron chi connectivity index (χ4n) is 2.59. The Morgan fingerprint density at radius 1 is 0.759 bits per heavy atom. The fourth-order valence-corrected chi connectivity index (χ4v) is 2.59. The van der Waals surface area contributed by atoms with Gasteiger partial charge in [-0.2, -0.15) is 0 Å². The molecule has 0 aliphatic heterocycles. The van der Waals surface area contributed by atoms with Gasteiger partial charge in [-0.15, -0.1) is 0 Å². The fraction of sp³-hybridized carbons (Fsp3) is 0.318. The third-order valence-corrected chi connectivity index (χ3v) is 3.83. The molecule has 0 heterocycles. The highest BCUT2D eigenvalue weighted by atomic mass is 16.2. The molecule has 4 N–H and O–H groups in total. The number of hydrogen-bond donors (Lipinski definition) is 4. The second kappa shape index (κ2) is 10.3. The van der Waals surface area contributed by atoms with E-state index in [-0.39, 0.29) is 36.3 Å². The molecule has 0 spiro atoms. The quantitative estimate of drug-likeness (QED) is 0.551. The minimum Gasteiger partial charge on any atom is -0.376 e. The predicted octanol–water partition coefficient (Wildman–Crippen LogP) is 3.01. The van der Waals surface area contributed by atoms with Crippen molar-refractivity contribution in [3.05, 3.63) is 59.7 Å². The van der Waals surface area contributed by atoms with E-state index in [2.05, 4.69) is 21.3 Å². The second-order valence-electron chi connectivity index (χ2n) is 7.32. The van der Waals surface area contributed by atoms with Gasteiger partial charge in [-0.05, 0) is 64.1 Å². The molecule has 7 heteroatoms. The number of anilines is 2. The number of carbonyl (C=O) groups excluding carboxylic acids is 3. The van der Waals surface area contributed by atoms with Crippen molar-refractivity contribution < 1.29 is 14.4 Å². The summed E-state index contributed by atoms with van der Waals surface area (Å²) in [6.45, 7) is 7.59. The molecule has 0 fully saturated rings. The average Bonchev–Trinajstić information content (AvgIpc) is 2.66. The molecule has 0 radical (unpaired) electrons. The maximum absolute atomic E-state index is 12.3. The Bertz CT molecular complexity index is 878. The molecule has 154 valence electrons. The van der Waals surface area contributed by atoms with Crippen LogP contribution in [0.25, 0.3) is 0 Å². The first-order valence-corrected chi connectivity index (χ1v) is 9.60. The first-order chi connectivity index (χ1) is 13.7. The lowest BCUT2D eigenvalue weighted by atomic mass is 10.1. The van der Waals surface area contributed by atoms with Crippen LogP contribution in [0, 0.1) is 0 Å². The Kier molecular flexibility index (Phi) is 7.77. The van der Waals surface area contributed by atoms with E-state index in [1.165, 1.54) is 0 Å². The van der Waals surface area contributed by atoms with Crippen LogP contribution in [0.4, 0.5) is 11.4 Å². The smallest absolute Gasteiger partial charge is 0.251 e. The molecule has 0 atom stereocenters. The van der Waals surface area contributed by atoms with Gasteiger partial charge in [0.15, 0.2) is 0 Å². The molecule has 3 amide bonds. The standard InChI is InChI=1S/C22H28N4O3/c1-14(2)24-21(28)16-7-5-9-18(11-16)23-13-20(27)26-19-10-6-8-17(12-19)22(29)25-15(3)4/h5-12,14-15,23H,13H2,1-4H3,(H,24,28)(H,25,29)(H,26,27). The van der Waals surface area contributed by atoms with Crippen molar-refractivity contribution in [3.63, 3.8) is 0 Å². The summed E-state index contributed by atoms with van der Waals surface area (Å²) in [7, 11) is 0.